The van der Waals surface area contributed by atoms with E-state index in [0.29, 0.717) is 22.5 Å². The third kappa shape index (κ3) is 4.96. The highest BCUT2D eigenvalue weighted by Crippen LogP contribution is 2.40. The molecule has 2 N–H and O–H groups in total. The van der Waals surface area contributed by atoms with Gasteiger partial charge >= 0.3 is 11.9 Å². The van der Waals surface area contributed by atoms with Crippen LogP contribution in [0.3, 0.4) is 0 Å². The molecular weight excluding hydrogens is 414 g/mol. The predicted molar refractivity (Wildman–Crippen MR) is 121 cm³/mol. The number of rotatable bonds is 7. The lowest BCUT2D eigenvalue weighted by Crippen LogP contribution is -2.32. The monoisotopic (exact) mass is 441 g/mol. The number of thiazole rings is 1. The molecule has 0 saturated heterocycles. The molecule has 2 heterocycles. The Morgan fingerprint density at radius 2 is 1.68 bits per heavy atom. The molecule has 0 atom stereocenters. The second kappa shape index (κ2) is 9.78. The molecule has 0 aliphatic carbocycles. The molecule has 3 rings (SSSR count). The van der Waals surface area contributed by atoms with Crippen LogP contribution in [0.25, 0.3) is 0 Å². The normalized spacial score (nSPS) is 14.4. The number of aromatic nitrogens is 1. The van der Waals surface area contributed by atoms with Crippen molar-refractivity contribution in [1.29, 1.82) is 0 Å². The number of dihydropyridines is 1. The summed E-state index contributed by atoms with van der Waals surface area (Å²) in [5.74, 6) is -1.53. The fourth-order valence-corrected chi connectivity index (χ4v) is 4.33. The molecule has 7 nitrogen and oxygen atoms in total. The molecule has 0 amide bonds. The standard InChI is InChI=1S/C23H27N3O4S/c1-6-29-21(27)18-14(4)25-15(5)19(22(28)30-7-2)20(18)16-9-8-10-17(11-16)26-23-24-13(3)12-31-23/h8-12,20,25H,6-7H2,1-5H3,(H,24,26). The van der Waals surface area contributed by atoms with Crippen molar-refractivity contribution in [3.05, 3.63) is 63.4 Å². The second-order valence-electron chi connectivity index (χ2n) is 7.12. The molecule has 0 fully saturated rings. The number of anilines is 2. The molecule has 2 aromatic rings. The van der Waals surface area contributed by atoms with Crippen molar-refractivity contribution >= 4 is 34.1 Å². The van der Waals surface area contributed by atoms with Gasteiger partial charge < -0.3 is 20.1 Å². The maximum absolute atomic E-state index is 12.9. The minimum atomic E-state index is -0.612. The van der Waals surface area contributed by atoms with Gasteiger partial charge in [-0.1, -0.05) is 12.1 Å². The summed E-state index contributed by atoms with van der Waals surface area (Å²) in [5, 5.41) is 9.18. The van der Waals surface area contributed by atoms with E-state index < -0.39 is 17.9 Å². The Morgan fingerprint density at radius 1 is 1.06 bits per heavy atom. The first-order chi connectivity index (χ1) is 14.8. The number of benzene rings is 1. The van der Waals surface area contributed by atoms with Gasteiger partial charge in [-0.3, -0.25) is 0 Å². The van der Waals surface area contributed by atoms with Crippen molar-refractivity contribution in [3.8, 4) is 0 Å². The number of nitrogens with one attached hydrogen (secondary N) is 2. The van der Waals surface area contributed by atoms with Crippen molar-refractivity contribution in [2.24, 2.45) is 0 Å². The van der Waals surface area contributed by atoms with Crippen LogP contribution in [0.4, 0.5) is 10.8 Å². The molecule has 1 aromatic carbocycles. The minimum absolute atomic E-state index is 0.241. The van der Waals surface area contributed by atoms with Crippen LogP contribution in [0.15, 0.2) is 52.2 Å². The van der Waals surface area contributed by atoms with Gasteiger partial charge in [-0.2, -0.15) is 0 Å². The smallest absolute Gasteiger partial charge is 0.336 e. The summed E-state index contributed by atoms with van der Waals surface area (Å²) in [6.07, 6.45) is 0. The number of aryl methyl sites for hydroxylation is 1. The first kappa shape index (κ1) is 22.6. The quantitative estimate of drug-likeness (QED) is 0.609. The van der Waals surface area contributed by atoms with Gasteiger partial charge in [0, 0.05) is 22.5 Å². The molecule has 0 radical (unpaired) electrons. The first-order valence-electron chi connectivity index (χ1n) is 10.2. The second-order valence-corrected chi connectivity index (χ2v) is 7.98. The molecular formula is C23H27N3O4S. The maximum atomic E-state index is 12.9. The summed E-state index contributed by atoms with van der Waals surface area (Å²) in [6.45, 7) is 9.55. The van der Waals surface area contributed by atoms with Crippen LogP contribution in [0, 0.1) is 6.92 Å². The lowest BCUT2D eigenvalue weighted by atomic mass is 9.80. The van der Waals surface area contributed by atoms with Crippen LogP contribution in [0.2, 0.25) is 0 Å². The highest BCUT2D eigenvalue weighted by atomic mass is 32.1. The third-order valence-electron chi connectivity index (χ3n) is 4.84. The molecule has 0 spiro atoms. The van der Waals surface area contributed by atoms with Gasteiger partial charge in [-0.25, -0.2) is 14.6 Å². The van der Waals surface area contributed by atoms with E-state index in [1.165, 1.54) is 11.3 Å². The Balaban J connectivity index is 2.08. The Bertz CT molecular complexity index is 1010. The van der Waals surface area contributed by atoms with Crippen molar-refractivity contribution < 1.29 is 19.1 Å². The number of esters is 2. The van der Waals surface area contributed by atoms with E-state index in [4.69, 9.17) is 9.47 Å². The third-order valence-corrected chi connectivity index (χ3v) is 5.72. The molecule has 1 aliphatic rings. The van der Waals surface area contributed by atoms with Gasteiger partial charge in [0.1, 0.15) is 0 Å². The van der Waals surface area contributed by atoms with Crippen LogP contribution in [-0.4, -0.2) is 30.1 Å². The Morgan fingerprint density at radius 3 is 2.19 bits per heavy atom. The highest BCUT2D eigenvalue weighted by molar-refractivity contribution is 7.13. The summed E-state index contributed by atoms with van der Waals surface area (Å²) in [7, 11) is 0. The van der Waals surface area contributed by atoms with Gasteiger partial charge in [0.05, 0.1) is 36.0 Å². The number of allylic oxidation sites excluding steroid dienone is 2. The van der Waals surface area contributed by atoms with Crippen LogP contribution in [0.5, 0.6) is 0 Å². The molecule has 1 aliphatic heterocycles. The van der Waals surface area contributed by atoms with Gasteiger partial charge in [-0.15, -0.1) is 11.3 Å². The number of nitrogens with zero attached hydrogens (tertiary/aromatic N) is 1. The summed E-state index contributed by atoms with van der Waals surface area (Å²) < 4.78 is 10.6. The first-order valence-corrected chi connectivity index (χ1v) is 11.1. The number of carbonyl (C=O) groups excluding carboxylic acids is 2. The van der Waals surface area contributed by atoms with Gasteiger partial charge in [0.25, 0.3) is 0 Å². The predicted octanol–water partition coefficient (Wildman–Crippen LogP) is 4.56. The summed E-state index contributed by atoms with van der Waals surface area (Å²) in [6, 6.07) is 7.62. The summed E-state index contributed by atoms with van der Waals surface area (Å²) in [4.78, 5) is 30.2. The van der Waals surface area contributed by atoms with Crippen LogP contribution in [0.1, 0.15) is 44.9 Å². The summed E-state index contributed by atoms with van der Waals surface area (Å²) >= 11 is 1.51. The fraction of sp³-hybridized carbons (Fsp3) is 0.348. The van der Waals surface area contributed by atoms with Crippen molar-refractivity contribution in [2.75, 3.05) is 18.5 Å². The average Bonchev–Trinajstić information content (AvgIpc) is 3.12. The van der Waals surface area contributed by atoms with E-state index >= 15 is 0 Å². The number of hydrogen-bond donors (Lipinski definition) is 2. The topological polar surface area (TPSA) is 89.5 Å². The largest absolute Gasteiger partial charge is 0.463 e. The maximum Gasteiger partial charge on any atom is 0.336 e. The average molecular weight is 442 g/mol. The SMILES string of the molecule is CCOC(=O)C1=C(C)NC(C)=C(C(=O)OCC)C1c1cccc(Nc2nc(C)cs2)c1. The van der Waals surface area contributed by atoms with E-state index in [1.807, 2.05) is 50.4 Å². The van der Waals surface area contributed by atoms with Crippen molar-refractivity contribution in [2.45, 2.75) is 40.5 Å². The van der Waals surface area contributed by atoms with Crippen molar-refractivity contribution in [3.63, 3.8) is 0 Å². The van der Waals surface area contributed by atoms with E-state index in [2.05, 4.69) is 15.6 Å². The molecule has 8 heteroatoms. The molecule has 0 unspecified atom stereocenters. The Hall–Kier alpha value is -3.13. The molecule has 0 saturated carbocycles. The van der Waals surface area contributed by atoms with E-state index in [0.717, 1.165) is 22.1 Å². The van der Waals surface area contributed by atoms with E-state index in [-0.39, 0.29) is 13.2 Å². The van der Waals surface area contributed by atoms with Gasteiger partial charge in [0.15, 0.2) is 5.13 Å². The lowest BCUT2D eigenvalue weighted by Gasteiger charge is -2.30. The molecule has 31 heavy (non-hydrogen) atoms. The number of ether oxygens (including phenoxy) is 2. The number of hydrogen-bond acceptors (Lipinski definition) is 8. The summed E-state index contributed by atoms with van der Waals surface area (Å²) in [5.41, 5.74) is 4.64. The molecule has 1 aromatic heterocycles. The zero-order chi connectivity index (χ0) is 22.5. The van der Waals surface area contributed by atoms with E-state index in [9.17, 15) is 9.59 Å². The lowest BCUT2D eigenvalue weighted by molar-refractivity contribution is -0.139. The van der Waals surface area contributed by atoms with Gasteiger partial charge in [0.2, 0.25) is 0 Å². The van der Waals surface area contributed by atoms with Crippen molar-refractivity contribution in [1.82, 2.24) is 10.3 Å². The minimum Gasteiger partial charge on any atom is -0.463 e. The van der Waals surface area contributed by atoms with E-state index in [1.54, 1.807) is 13.8 Å². The Kier molecular flexibility index (Phi) is 7.12. The van der Waals surface area contributed by atoms with Gasteiger partial charge in [-0.05, 0) is 52.3 Å². The zero-order valence-corrected chi connectivity index (χ0v) is 19.2. The van der Waals surface area contributed by atoms with Crippen LogP contribution >= 0.6 is 11.3 Å². The number of carbonyl (C=O) groups is 2. The molecule has 0 bridgehead atoms. The Labute approximate surface area is 186 Å². The fourth-order valence-electron chi connectivity index (χ4n) is 3.62. The highest BCUT2D eigenvalue weighted by Gasteiger charge is 2.38. The zero-order valence-electron chi connectivity index (χ0n) is 18.4. The van der Waals surface area contributed by atoms with Crippen LogP contribution in [-0.2, 0) is 19.1 Å². The molecule has 164 valence electrons. The van der Waals surface area contributed by atoms with Crippen LogP contribution < -0.4 is 10.6 Å².